The zero-order valence-electron chi connectivity index (χ0n) is 17.9. The van der Waals surface area contributed by atoms with E-state index in [1.165, 1.54) is 54.2 Å². The highest BCUT2D eigenvalue weighted by atomic mass is 32.2. The number of aromatic hydroxyl groups is 1. The van der Waals surface area contributed by atoms with Crippen LogP contribution in [0.4, 0.5) is 5.69 Å². The fraction of sp³-hybridized carbons (Fsp3) is 0.182. The molecule has 0 atom stereocenters. The largest absolute Gasteiger partial charge is 0.508 e. The Hall–Kier alpha value is -3.99. The van der Waals surface area contributed by atoms with E-state index in [0.717, 1.165) is 0 Å². The molecular formula is C22H21N5O5S. The van der Waals surface area contributed by atoms with Crippen molar-refractivity contribution in [3.63, 3.8) is 0 Å². The highest BCUT2D eigenvalue weighted by molar-refractivity contribution is 7.99. The van der Waals surface area contributed by atoms with E-state index in [4.69, 9.17) is 0 Å². The van der Waals surface area contributed by atoms with Gasteiger partial charge in [-0.15, -0.1) is 0 Å². The standard InChI is InChI=1S/C22H21N5O5S/c1-3-18-13(2)23-22(24-21(18)30)33-12-19(15-5-4-6-16(11-15)27(31)32)25-26-20(29)14-7-9-17(28)10-8-14/h4-11,28H,3,12H2,1-2H3,(H,26,29)(H,23,24,30)/b25-19-. The van der Waals surface area contributed by atoms with E-state index >= 15 is 0 Å². The molecule has 1 aromatic heterocycles. The first-order chi connectivity index (χ1) is 15.8. The van der Waals surface area contributed by atoms with Crippen LogP contribution in [0.15, 0.2) is 63.6 Å². The number of aryl methyl sites for hydroxylation is 1. The molecule has 11 heteroatoms. The zero-order chi connectivity index (χ0) is 24.0. The van der Waals surface area contributed by atoms with Gasteiger partial charge in [0.25, 0.3) is 17.2 Å². The van der Waals surface area contributed by atoms with E-state index in [2.05, 4.69) is 20.5 Å². The molecule has 0 spiro atoms. The van der Waals surface area contributed by atoms with Crippen LogP contribution in [-0.4, -0.2) is 37.4 Å². The van der Waals surface area contributed by atoms with Gasteiger partial charge >= 0.3 is 0 Å². The highest BCUT2D eigenvalue weighted by Crippen LogP contribution is 2.19. The number of hydrogen-bond acceptors (Lipinski definition) is 8. The normalized spacial score (nSPS) is 11.3. The number of hydrazone groups is 1. The first-order valence-electron chi connectivity index (χ1n) is 9.91. The predicted octanol–water partition coefficient (Wildman–Crippen LogP) is 3.18. The number of H-pyrrole nitrogens is 1. The molecule has 0 aliphatic carbocycles. The molecule has 3 aromatic rings. The number of hydrogen-bond donors (Lipinski definition) is 3. The Bertz CT molecular complexity index is 1270. The number of nitro benzene ring substituents is 1. The van der Waals surface area contributed by atoms with Gasteiger partial charge in [0, 0.05) is 40.3 Å². The number of amides is 1. The van der Waals surface area contributed by atoms with Gasteiger partial charge in [-0.3, -0.25) is 19.7 Å². The molecule has 33 heavy (non-hydrogen) atoms. The van der Waals surface area contributed by atoms with Crippen molar-refractivity contribution in [3.8, 4) is 5.75 Å². The number of phenolic OH excluding ortho intramolecular Hbond substituents is 1. The number of nitro groups is 1. The van der Waals surface area contributed by atoms with Gasteiger partial charge in [0.2, 0.25) is 0 Å². The first-order valence-corrected chi connectivity index (χ1v) is 10.9. The molecule has 1 heterocycles. The van der Waals surface area contributed by atoms with Crippen LogP contribution in [-0.2, 0) is 6.42 Å². The van der Waals surface area contributed by atoms with Gasteiger partial charge in [0.05, 0.1) is 10.6 Å². The van der Waals surface area contributed by atoms with Crippen LogP contribution in [0.5, 0.6) is 5.75 Å². The number of carbonyl (C=O) groups is 1. The Labute approximate surface area is 192 Å². The minimum absolute atomic E-state index is 0.0228. The second kappa shape index (κ2) is 10.6. The van der Waals surface area contributed by atoms with Gasteiger partial charge in [-0.25, -0.2) is 10.4 Å². The van der Waals surface area contributed by atoms with Crippen molar-refractivity contribution in [1.29, 1.82) is 0 Å². The fourth-order valence-corrected chi connectivity index (χ4v) is 3.85. The van der Waals surface area contributed by atoms with Crippen LogP contribution in [0.2, 0.25) is 0 Å². The molecule has 3 rings (SSSR count). The lowest BCUT2D eigenvalue weighted by atomic mass is 10.1. The van der Waals surface area contributed by atoms with E-state index < -0.39 is 10.8 Å². The van der Waals surface area contributed by atoms with Gasteiger partial charge in [-0.2, -0.15) is 5.10 Å². The Kier molecular flexibility index (Phi) is 7.57. The number of rotatable bonds is 8. The van der Waals surface area contributed by atoms with Crippen molar-refractivity contribution in [1.82, 2.24) is 15.4 Å². The van der Waals surface area contributed by atoms with Gasteiger partial charge in [-0.05, 0) is 37.6 Å². The lowest BCUT2D eigenvalue weighted by Crippen LogP contribution is -2.21. The van der Waals surface area contributed by atoms with E-state index in [-0.39, 0.29) is 28.3 Å². The average Bonchev–Trinajstić information content (AvgIpc) is 2.79. The number of non-ortho nitro benzene ring substituents is 1. The molecule has 3 N–H and O–H groups in total. The lowest BCUT2D eigenvalue weighted by Gasteiger charge is -2.09. The molecule has 0 fully saturated rings. The van der Waals surface area contributed by atoms with Crippen LogP contribution in [0.25, 0.3) is 0 Å². The summed E-state index contributed by atoms with van der Waals surface area (Å²) in [5.41, 5.74) is 4.38. The number of aromatic nitrogens is 2. The van der Waals surface area contributed by atoms with Crippen molar-refractivity contribution in [2.24, 2.45) is 5.10 Å². The van der Waals surface area contributed by atoms with Crippen LogP contribution >= 0.6 is 11.8 Å². The summed E-state index contributed by atoms with van der Waals surface area (Å²) in [5, 5.41) is 25.1. The number of nitrogens with zero attached hydrogens (tertiary/aromatic N) is 3. The summed E-state index contributed by atoms with van der Waals surface area (Å²) >= 11 is 1.18. The topological polar surface area (TPSA) is 151 Å². The molecule has 0 saturated carbocycles. The number of thioether (sulfide) groups is 1. The summed E-state index contributed by atoms with van der Waals surface area (Å²) in [6.45, 7) is 3.63. The maximum absolute atomic E-state index is 12.4. The van der Waals surface area contributed by atoms with Crippen molar-refractivity contribution >= 4 is 29.1 Å². The quantitative estimate of drug-likeness (QED) is 0.151. The van der Waals surface area contributed by atoms with Crippen molar-refractivity contribution in [2.45, 2.75) is 25.4 Å². The maximum atomic E-state index is 12.4. The number of nitrogens with one attached hydrogen (secondary N) is 2. The number of phenols is 1. The summed E-state index contributed by atoms with van der Waals surface area (Å²) < 4.78 is 0. The SMILES string of the molecule is CCc1c(C)nc(SC/C(=N/NC(=O)c2ccc(O)cc2)c2cccc([N+](=O)[O-])c2)[nH]c1=O. The van der Waals surface area contributed by atoms with Gasteiger partial charge in [0.1, 0.15) is 5.75 Å². The average molecular weight is 468 g/mol. The van der Waals surface area contributed by atoms with E-state index in [9.17, 15) is 24.8 Å². The summed E-state index contributed by atoms with van der Waals surface area (Å²) in [7, 11) is 0. The van der Waals surface area contributed by atoms with E-state index in [1.807, 2.05) is 6.92 Å². The number of carbonyl (C=O) groups excluding carboxylic acids is 1. The summed E-state index contributed by atoms with van der Waals surface area (Å²) in [5.74, 6) is -0.322. The second-order valence-corrected chi connectivity index (χ2v) is 7.90. The van der Waals surface area contributed by atoms with Crippen LogP contribution in [0.3, 0.4) is 0 Å². The van der Waals surface area contributed by atoms with Crippen molar-refractivity contribution in [3.05, 3.63) is 91.4 Å². The third-order valence-corrected chi connectivity index (χ3v) is 5.60. The first kappa shape index (κ1) is 23.7. The third-order valence-electron chi connectivity index (χ3n) is 4.71. The lowest BCUT2D eigenvalue weighted by molar-refractivity contribution is -0.384. The van der Waals surface area contributed by atoms with Crippen molar-refractivity contribution < 1.29 is 14.8 Å². The van der Waals surface area contributed by atoms with Crippen LogP contribution < -0.4 is 11.0 Å². The summed E-state index contributed by atoms with van der Waals surface area (Å²) in [4.78, 5) is 42.5. The smallest absolute Gasteiger partial charge is 0.271 e. The molecule has 10 nitrogen and oxygen atoms in total. The molecule has 170 valence electrons. The van der Waals surface area contributed by atoms with Gasteiger partial charge in [0.15, 0.2) is 5.16 Å². The Balaban J connectivity index is 1.88. The molecule has 0 aliphatic rings. The van der Waals surface area contributed by atoms with E-state index in [1.54, 1.807) is 13.0 Å². The molecule has 0 aliphatic heterocycles. The number of benzene rings is 2. The Morgan fingerprint density at radius 3 is 2.61 bits per heavy atom. The third kappa shape index (κ3) is 6.04. The minimum atomic E-state index is -0.519. The molecule has 0 bridgehead atoms. The molecular weight excluding hydrogens is 446 g/mol. The minimum Gasteiger partial charge on any atom is -0.508 e. The van der Waals surface area contributed by atoms with Crippen molar-refractivity contribution in [2.75, 3.05) is 5.75 Å². The maximum Gasteiger partial charge on any atom is 0.271 e. The van der Waals surface area contributed by atoms with E-state index in [0.29, 0.717) is 34.1 Å². The van der Waals surface area contributed by atoms with Crippen LogP contribution in [0, 0.1) is 17.0 Å². The molecule has 0 unspecified atom stereocenters. The Morgan fingerprint density at radius 1 is 1.24 bits per heavy atom. The second-order valence-electron chi connectivity index (χ2n) is 6.93. The molecule has 0 saturated heterocycles. The van der Waals surface area contributed by atoms with Crippen LogP contribution in [0.1, 0.15) is 34.1 Å². The fourth-order valence-electron chi connectivity index (χ4n) is 2.98. The Morgan fingerprint density at radius 2 is 1.97 bits per heavy atom. The monoisotopic (exact) mass is 467 g/mol. The van der Waals surface area contributed by atoms with Gasteiger partial charge < -0.3 is 10.1 Å². The summed E-state index contributed by atoms with van der Waals surface area (Å²) in [6, 6.07) is 11.5. The molecule has 2 aromatic carbocycles. The predicted molar refractivity (Wildman–Crippen MR) is 125 cm³/mol. The highest BCUT2D eigenvalue weighted by Gasteiger charge is 2.14. The molecule has 1 amide bonds. The molecule has 0 radical (unpaired) electrons. The summed E-state index contributed by atoms with van der Waals surface area (Å²) in [6.07, 6.45) is 0.558. The van der Waals surface area contributed by atoms with Gasteiger partial charge in [-0.1, -0.05) is 30.8 Å². The zero-order valence-corrected chi connectivity index (χ0v) is 18.7. The number of aromatic amines is 1.